The van der Waals surface area contributed by atoms with E-state index in [4.69, 9.17) is 5.11 Å². The topological polar surface area (TPSA) is 20.2 Å². The highest BCUT2D eigenvalue weighted by Gasteiger charge is 1.88. The first kappa shape index (κ1) is 10.1. The van der Waals surface area contributed by atoms with Gasteiger partial charge in [0.05, 0.1) is 0 Å². The molecule has 0 aromatic heterocycles. The Morgan fingerprint density at radius 2 is 2.00 bits per heavy atom. The molecule has 0 aromatic carbocycles. The molecule has 0 amide bonds. The largest absolute Gasteiger partial charge is 0.380 e. The molecular formula is C10H14O. The van der Waals surface area contributed by atoms with Crippen molar-refractivity contribution in [2.24, 2.45) is 0 Å². The van der Waals surface area contributed by atoms with Crippen LogP contribution in [0, 0.1) is 23.7 Å². The third kappa shape index (κ3) is 6.97. The predicted molar refractivity (Wildman–Crippen MR) is 46.8 cm³/mol. The second-order valence-corrected chi connectivity index (χ2v) is 2.25. The zero-order chi connectivity index (χ0) is 8.53. The van der Waals surface area contributed by atoms with Gasteiger partial charge in [-0.3, -0.25) is 0 Å². The van der Waals surface area contributed by atoms with Crippen molar-refractivity contribution in [3.05, 3.63) is 0 Å². The van der Waals surface area contributed by atoms with E-state index >= 15 is 0 Å². The van der Waals surface area contributed by atoms with Crippen molar-refractivity contribution in [3.8, 4) is 23.7 Å². The fourth-order valence-electron chi connectivity index (χ4n) is 0.453. The third-order valence-corrected chi connectivity index (χ3v) is 1.15. The van der Waals surface area contributed by atoms with Crippen molar-refractivity contribution < 1.29 is 5.11 Å². The Morgan fingerprint density at radius 1 is 1.27 bits per heavy atom. The Balaban J connectivity index is 3.64. The van der Waals surface area contributed by atoms with Crippen molar-refractivity contribution in [2.75, 3.05) is 0 Å². The molecular weight excluding hydrogens is 136 g/mol. The Morgan fingerprint density at radius 3 is 2.55 bits per heavy atom. The second-order valence-electron chi connectivity index (χ2n) is 2.25. The van der Waals surface area contributed by atoms with Gasteiger partial charge in [0.25, 0.3) is 0 Å². The van der Waals surface area contributed by atoms with E-state index in [1.54, 1.807) is 0 Å². The molecule has 0 saturated carbocycles. The van der Waals surface area contributed by atoms with E-state index in [2.05, 4.69) is 30.6 Å². The molecule has 60 valence electrons. The molecule has 0 heterocycles. The summed E-state index contributed by atoms with van der Waals surface area (Å²) >= 11 is 0. The Labute approximate surface area is 68.8 Å². The molecule has 0 aliphatic carbocycles. The fourth-order valence-corrected chi connectivity index (χ4v) is 0.453. The summed E-state index contributed by atoms with van der Waals surface area (Å²) in [6, 6.07) is 0. The smallest absolute Gasteiger partial charge is 0.115 e. The lowest BCUT2D eigenvalue weighted by atomic mass is 10.3. The van der Waals surface area contributed by atoms with Crippen LogP contribution in [0.4, 0.5) is 0 Å². The summed E-state index contributed by atoms with van der Waals surface area (Å²) < 4.78 is 0. The highest BCUT2D eigenvalue weighted by atomic mass is 16.3. The van der Waals surface area contributed by atoms with E-state index in [1.807, 2.05) is 6.92 Å². The lowest BCUT2D eigenvalue weighted by Crippen LogP contribution is -1.98. The van der Waals surface area contributed by atoms with Crippen LogP contribution in [0.1, 0.15) is 33.1 Å². The lowest BCUT2D eigenvalue weighted by Gasteiger charge is -1.91. The van der Waals surface area contributed by atoms with Crippen LogP contribution in [0.15, 0.2) is 0 Å². The molecule has 0 fully saturated rings. The van der Waals surface area contributed by atoms with Crippen LogP contribution in [0.2, 0.25) is 0 Å². The van der Waals surface area contributed by atoms with Gasteiger partial charge in [-0.05, 0) is 24.7 Å². The third-order valence-electron chi connectivity index (χ3n) is 1.15. The minimum atomic E-state index is -0.508. The zero-order valence-electron chi connectivity index (χ0n) is 7.15. The molecule has 0 saturated heterocycles. The van der Waals surface area contributed by atoms with Gasteiger partial charge < -0.3 is 5.11 Å². The number of aliphatic hydroxyl groups is 1. The molecule has 0 rings (SSSR count). The van der Waals surface area contributed by atoms with E-state index in [0.717, 1.165) is 12.8 Å². The molecule has 11 heavy (non-hydrogen) atoms. The highest BCUT2D eigenvalue weighted by molar-refractivity contribution is 5.27. The maximum absolute atomic E-state index is 8.97. The van der Waals surface area contributed by atoms with Gasteiger partial charge in [-0.15, -0.1) is 0 Å². The number of rotatable bonds is 2. The van der Waals surface area contributed by atoms with Crippen LogP contribution in [0.3, 0.4) is 0 Å². The normalized spacial score (nSPS) is 10.5. The van der Waals surface area contributed by atoms with Crippen LogP contribution >= 0.6 is 0 Å². The number of unbranched alkanes of at least 4 members (excludes halogenated alkanes) is 1. The summed E-state index contributed by atoms with van der Waals surface area (Å²) in [5.74, 6) is 10.8. The van der Waals surface area contributed by atoms with Crippen LogP contribution in [0.5, 0.6) is 0 Å². The van der Waals surface area contributed by atoms with Crippen molar-refractivity contribution in [1.82, 2.24) is 0 Å². The number of aliphatic hydroxyl groups excluding tert-OH is 1. The Kier molecular flexibility index (Phi) is 6.59. The van der Waals surface area contributed by atoms with Gasteiger partial charge in [-0.25, -0.2) is 0 Å². The lowest BCUT2D eigenvalue weighted by molar-refractivity contribution is 0.228. The summed E-state index contributed by atoms with van der Waals surface area (Å²) in [5.41, 5.74) is 0. The standard InChI is InChI=1S/C10H14O/c1-3-5-6-7-8-9-10(11)4-2/h10-11H,3-5H2,1-2H3. The molecule has 0 aliphatic rings. The van der Waals surface area contributed by atoms with E-state index in [1.165, 1.54) is 0 Å². The first-order valence-corrected chi connectivity index (χ1v) is 3.97. The van der Waals surface area contributed by atoms with Crippen LogP contribution in [0.25, 0.3) is 0 Å². The second kappa shape index (κ2) is 7.19. The number of hydrogen-bond donors (Lipinski definition) is 1. The molecule has 1 heteroatoms. The van der Waals surface area contributed by atoms with Crippen molar-refractivity contribution >= 4 is 0 Å². The minimum absolute atomic E-state index is 0.508. The molecule has 1 atom stereocenters. The minimum Gasteiger partial charge on any atom is -0.380 e. The Bertz CT molecular complexity index is 196. The maximum atomic E-state index is 8.97. The first-order valence-electron chi connectivity index (χ1n) is 3.97. The first-order chi connectivity index (χ1) is 5.31. The van der Waals surface area contributed by atoms with Gasteiger partial charge in [0.15, 0.2) is 0 Å². The van der Waals surface area contributed by atoms with E-state index in [-0.39, 0.29) is 0 Å². The van der Waals surface area contributed by atoms with Gasteiger partial charge in [0.1, 0.15) is 6.10 Å². The summed E-state index contributed by atoms with van der Waals surface area (Å²) in [4.78, 5) is 0. The van der Waals surface area contributed by atoms with Crippen molar-refractivity contribution in [1.29, 1.82) is 0 Å². The quantitative estimate of drug-likeness (QED) is 0.592. The monoisotopic (exact) mass is 150 g/mol. The Hall–Kier alpha value is -0.920. The van der Waals surface area contributed by atoms with Gasteiger partial charge in [-0.1, -0.05) is 25.7 Å². The summed E-state index contributed by atoms with van der Waals surface area (Å²) in [6.45, 7) is 3.96. The van der Waals surface area contributed by atoms with Gasteiger partial charge >= 0.3 is 0 Å². The summed E-state index contributed by atoms with van der Waals surface area (Å²) in [7, 11) is 0. The summed E-state index contributed by atoms with van der Waals surface area (Å²) in [6.07, 6.45) is 2.11. The van der Waals surface area contributed by atoms with E-state index in [0.29, 0.717) is 6.42 Å². The van der Waals surface area contributed by atoms with Crippen molar-refractivity contribution in [3.63, 3.8) is 0 Å². The predicted octanol–water partition coefficient (Wildman–Crippen LogP) is 1.56. The molecule has 0 spiro atoms. The molecule has 0 radical (unpaired) electrons. The molecule has 1 nitrogen and oxygen atoms in total. The van der Waals surface area contributed by atoms with Gasteiger partial charge in [0.2, 0.25) is 0 Å². The fraction of sp³-hybridized carbons (Fsp3) is 0.600. The zero-order valence-corrected chi connectivity index (χ0v) is 7.15. The molecule has 0 bridgehead atoms. The molecule has 1 N–H and O–H groups in total. The van der Waals surface area contributed by atoms with E-state index in [9.17, 15) is 0 Å². The number of hydrogen-bond acceptors (Lipinski definition) is 1. The van der Waals surface area contributed by atoms with Gasteiger partial charge in [-0.2, -0.15) is 0 Å². The molecule has 0 aliphatic heterocycles. The maximum Gasteiger partial charge on any atom is 0.115 e. The van der Waals surface area contributed by atoms with Crippen molar-refractivity contribution in [2.45, 2.75) is 39.2 Å². The SMILES string of the molecule is CCCC#CC#CC(O)CC. The van der Waals surface area contributed by atoms with Gasteiger partial charge in [0, 0.05) is 6.42 Å². The van der Waals surface area contributed by atoms with Crippen LogP contribution < -0.4 is 0 Å². The summed E-state index contributed by atoms with van der Waals surface area (Å²) in [5, 5.41) is 8.97. The van der Waals surface area contributed by atoms with E-state index < -0.39 is 6.10 Å². The molecule has 0 aromatic rings. The molecule has 1 unspecified atom stereocenters. The van der Waals surface area contributed by atoms with Crippen LogP contribution in [-0.2, 0) is 0 Å². The average Bonchev–Trinajstić information content (AvgIpc) is 2.04. The average molecular weight is 150 g/mol. The van der Waals surface area contributed by atoms with Crippen LogP contribution in [-0.4, -0.2) is 11.2 Å². The highest BCUT2D eigenvalue weighted by Crippen LogP contribution is 1.84.